The third kappa shape index (κ3) is 4.87. The molecule has 1 saturated carbocycles. The molecule has 1 N–H and O–H groups in total. The fourth-order valence-corrected chi connectivity index (χ4v) is 4.30. The first-order valence-electron chi connectivity index (χ1n) is 9.81. The number of halogens is 3. The summed E-state index contributed by atoms with van der Waals surface area (Å²) < 4.78 is 46.1. The Balaban J connectivity index is 1.22. The number of alkyl halides is 3. The lowest BCUT2D eigenvalue weighted by Gasteiger charge is -2.19. The number of benzene rings is 2. The second-order valence-electron chi connectivity index (χ2n) is 7.82. The SMILES string of the molecule is COc1ccc(CN2CC3C(CNC(=O)c4cccc(OC(F)(F)F)c4)C3C2)cc1. The van der Waals surface area contributed by atoms with Crippen molar-refractivity contribution in [2.24, 2.45) is 17.8 Å². The van der Waals surface area contributed by atoms with Crippen LogP contribution in [0.4, 0.5) is 13.2 Å². The lowest BCUT2D eigenvalue weighted by molar-refractivity contribution is -0.274. The first-order chi connectivity index (χ1) is 14.3. The molecule has 4 rings (SSSR count). The predicted octanol–water partition coefficient (Wildman–Crippen LogP) is 3.70. The van der Waals surface area contributed by atoms with E-state index >= 15 is 0 Å². The summed E-state index contributed by atoms with van der Waals surface area (Å²) in [7, 11) is 1.65. The number of amides is 1. The smallest absolute Gasteiger partial charge is 0.497 e. The van der Waals surface area contributed by atoms with Gasteiger partial charge in [0.05, 0.1) is 7.11 Å². The maximum Gasteiger partial charge on any atom is 0.573 e. The van der Waals surface area contributed by atoms with Crippen molar-refractivity contribution in [2.45, 2.75) is 12.9 Å². The zero-order valence-electron chi connectivity index (χ0n) is 16.5. The van der Waals surface area contributed by atoms with Gasteiger partial charge in [0.1, 0.15) is 11.5 Å². The Morgan fingerprint density at radius 1 is 1.10 bits per heavy atom. The van der Waals surface area contributed by atoms with E-state index in [1.807, 2.05) is 12.1 Å². The molecule has 2 atom stereocenters. The number of ether oxygens (including phenoxy) is 2. The molecule has 0 spiro atoms. The van der Waals surface area contributed by atoms with Crippen molar-refractivity contribution in [3.8, 4) is 11.5 Å². The highest BCUT2D eigenvalue weighted by Crippen LogP contribution is 2.51. The Bertz CT molecular complexity index is 889. The lowest BCUT2D eigenvalue weighted by atomic mass is 10.1. The maximum absolute atomic E-state index is 12.3. The molecule has 0 aromatic heterocycles. The van der Waals surface area contributed by atoms with Gasteiger partial charge in [0.2, 0.25) is 0 Å². The van der Waals surface area contributed by atoms with Crippen LogP contribution in [0.3, 0.4) is 0 Å². The number of fused-ring (bicyclic) bond motifs is 1. The summed E-state index contributed by atoms with van der Waals surface area (Å²) in [5.74, 6) is 1.60. The largest absolute Gasteiger partial charge is 0.573 e. The highest BCUT2D eigenvalue weighted by Gasteiger charge is 2.55. The van der Waals surface area contributed by atoms with Gasteiger partial charge < -0.3 is 14.8 Å². The van der Waals surface area contributed by atoms with Crippen LogP contribution >= 0.6 is 0 Å². The van der Waals surface area contributed by atoms with Crippen LogP contribution in [-0.4, -0.2) is 43.9 Å². The van der Waals surface area contributed by atoms with Gasteiger partial charge in [0.25, 0.3) is 5.91 Å². The van der Waals surface area contributed by atoms with Crippen LogP contribution in [0, 0.1) is 17.8 Å². The number of rotatable bonds is 7. The molecule has 1 aliphatic heterocycles. The molecule has 2 aromatic carbocycles. The second-order valence-corrected chi connectivity index (χ2v) is 7.82. The van der Waals surface area contributed by atoms with E-state index in [2.05, 4.69) is 27.1 Å². The van der Waals surface area contributed by atoms with Crippen molar-refractivity contribution >= 4 is 5.91 Å². The molecular weight excluding hydrogens is 397 g/mol. The van der Waals surface area contributed by atoms with E-state index < -0.39 is 12.1 Å². The minimum absolute atomic E-state index is 0.156. The molecule has 2 unspecified atom stereocenters. The van der Waals surface area contributed by atoms with Crippen LogP contribution in [0.25, 0.3) is 0 Å². The number of carbonyl (C=O) groups excluding carboxylic acids is 1. The van der Waals surface area contributed by atoms with Crippen LogP contribution in [0.1, 0.15) is 15.9 Å². The molecule has 5 nitrogen and oxygen atoms in total. The minimum Gasteiger partial charge on any atom is -0.497 e. The monoisotopic (exact) mass is 420 g/mol. The van der Waals surface area contributed by atoms with Crippen LogP contribution in [0.5, 0.6) is 11.5 Å². The predicted molar refractivity (Wildman–Crippen MR) is 104 cm³/mol. The van der Waals surface area contributed by atoms with Crippen LogP contribution in [0.2, 0.25) is 0 Å². The number of likely N-dealkylation sites (tertiary alicyclic amines) is 1. The van der Waals surface area contributed by atoms with Gasteiger partial charge in [0.15, 0.2) is 0 Å². The average molecular weight is 420 g/mol. The van der Waals surface area contributed by atoms with Crippen molar-refractivity contribution in [2.75, 3.05) is 26.7 Å². The number of hydrogen-bond donors (Lipinski definition) is 1. The highest BCUT2D eigenvalue weighted by atomic mass is 19.4. The zero-order chi connectivity index (χ0) is 21.3. The van der Waals surface area contributed by atoms with Crippen LogP contribution < -0.4 is 14.8 Å². The maximum atomic E-state index is 12.3. The van der Waals surface area contributed by atoms with Crippen LogP contribution in [-0.2, 0) is 6.54 Å². The van der Waals surface area contributed by atoms with E-state index in [0.717, 1.165) is 31.5 Å². The number of hydrogen-bond acceptors (Lipinski definition) is 4. The lowest BCUT2D eigenvalue weighted by Crippen LogP contribution is -2.30. The average Bonchev–Trinajstić information content (AvgIpc) is 3.16. The molecule has 0 radical (unpaired) electrons. The van der Waals surface area contributed by atoms with E-state index in [-0.39, 0.29) is 11.5 Å². The Hall–Kier alpha value is -2.74. The van der Waals surface area contributed by atoms with E-state index in [1.165, 1.54) is 23.8 Å². The number of methoxy groups -OCH3 is 1. The summed E-state index contributed by atoms with van der Waals surface area (Å²) in [5.41, 5.74) is 1.40. The quantitative estimate of drug-likeness (QED) is 0.742. The highest BCUT2D eigenvalue weighted by molar-refractivity contribution is 5.94. The summed E-state index contributed by atoms with van der Waals surface area (Å²) in [6, 6.07) is 13.2. The number of nitrogens with one attached hydrogen (secondary N) is 1. The van der Waals surface area contributed by atoms with Crippen molar-refractivity contribution < 1.29 is 27.4 Å². The second kappa shape index (κ2) is 8.18. The fraction of sp³-hybridized carbons (Fsp3) is 0.409. The molecule has 2 aliphatic rings. The summed E-state index contributed by atoms with van der Waals surface area (Å²) in [6.45, 7) is 3.41. The molecule has 2 aromatic rings. The third-order valence-corrected chi connectivity index (χ3v) is 5.84. The van der Waals surface area contributed by atoms with Gasteiger partial charge in [-0.05, 0) is 53.6 Å². The van der Waals surface area contributed by atoms with Gasteiger partial charge >= 0.3 is 6.36 Å². The Kier molecular flexibility index (Phi) is 5.60. The van der Waals surface area contributed by atoms with Crippen LogP contribution in [0.15, 0.2) is 48.5 Å². The van der Waals surface area contributed by atoms with Gasteiger partial charge in [-0.15, -0.1) is 13.2 Å². The number of carbonyl (C=O) groups is 1. The first kappa shape index (κ1) is 20.5. The molecule has 1 aliphatic carbocycles. The Morgan fingerprint density at radius 2 is 1.80 bits per heavy atom. The van der Waals surface area contributed by atoms with Gasteiger partial charge in [-0.2, -0.15) is 0 Å². The first-order valence-corrected chi connectivity index (χ1v) is 9.81. The van der Waals surface area contributed by atoms with E-state index in [9.17, 15) is 18.0 Å². The molecule has 1 heterocycles. The molecule has 2 fully saturated rings. The number of piperidine rings is 1. The Labute approximate surface area is 172 Å². The molecule has 1 saturated heterocycles. The van der Waals surface area contributed by atoms with Gasteiger partial charge in [-0.3, -0.25) is 9.69 Å². The van der Waals surface area contributed by atoms with Crippen molar-refractivity contribution in [3.05, 3.63) is 59.7 Å². The van der Waals surface area contributed by atoms with E-state index in [1.54, 1.807) is 7.11 Å². The summed E-state index contributed by atoms with van der Waals surface area (Å²) in [4.78, 5) is 14.7. The fourth-order valence-electron chi connectivity index (χ4n) is 4.30. The van der Waals surface area contributed by atoms with Crippen molar-refractivity contribution in [1.82, 2.24) is 10.2 Å². The number of nitrogens with zero attached hydrogens (tertiary/aromatic N) is 1. The van der Waals surface area contributed by atoms with Gasteiger partial charge in [-0.25, -0.2) is 0 Å². The standard InChI is InChI=1S/C22H23F3N2O3/c1-29-16-7-5-14(6-8-16)11-27-12-19-18(20(19)13-27)10-26-21(28)15-3-2-4-17(9-15)30-22(23,24)25/h2-9,18-20H,10-13H2,1H3,(H,26,28). The molecule has 160 valence electrons. The summed E-state index contributed by atoms with van der Waals surface area (Å²) in [5, 5.41) is 2.85. The normalized spacial score (nSPS) is 23.0. The van der Waals surface area contributed by atoms with E-state index in [0.29, 0.717) is 24.3 Å². The molecule has 1 amide bonds. The van der Waals surface area contributed by atoms with Crippen molar-refractivity contribution in [1.29, 1.82) is 0 Å². The zero-order valence-corrected chi connectivity index (χ0v) is 16.5. The molecule has 0 bridgehead atoms. The summed E-state index contributed by atoms with van der Waals surface area (Å²) >= 11 is 0. The molecule has 8 heteroatoms. The third-order valence-electron chi connectivity index (χ3n) is 5.84. The van der Waals surface area contributed by atoms with Crippen molar-refractivity contribution in [3.63, 3.8) is 0 Å². The van der Waals surface area contributed by atoms with E-state index in [4.69, 9.17) is 4.74 Å². The summed E-state index contributed by atoms with van der Waals surface area (Å²) in [6.07, 6.45) is -4.78. The molecule has 30 heavy (non-hydrogen) atoms. The molecular formula is C22H23F3N2O3. The topological polar surface area (TPSA) is 50.8 Å². The minimum atomic E-state index is -4.78. The Morgan fingerprint density at radius 3 is 2.43 bits per heavy atom. The van der Waals surface area contributed by atoms with Gasteiger partial charge in [0, 0.05) is 31.7 Å². The van der Waals surface area contributed by atoms with Gasteiger partial charge in [-0.1, -0.05) is 18.2 Å².